The third-order valence-corrected chi connectivity index (χ3v) is 4.78. The lowest BCUT2D eigenvalue weighted by Gasteiger charge is -2.22. The Labute approximate surface area is 166 Å². The lowest BCUT2D eigenvalue weighted by Crippen LogP contribution is -2.35. The molecule has 0 saturated carbocycles. The van der Waals surface area contributed by atoms with Crippen LogP contribution in [0.15, 0.2) is 48.5 Å². The van der Waals surface area contributed by atoms with Gasteiger partial charge >= 0.3 is 6.36 Å². The summed E-state index contributed by atoms with van der Waals surface area (Å²) in [7, 11) is 0. The molecule has 3 rings (SSSR count). The highest BCUT2D eigenvalue weighted by Crippen LogP contribution is 2.23. The van der Waals surface area contributed by atoms with Gasteiger partial charge in [-0.15, -0.1) is 13.2 Å². The molecule has 8 heteroatoms. The molecular weight excluding hydrogens is 393 g/mol. The summed E-state index contributed by atoms with van der Waals surface area (Å²) in [5.74, 6) is -0.527. The van der Waals surface area contributed by atoms with Crippen molar-refractivity contribution >= 4 is 17.5 Å². The third kappa shape index (κ3) is 5.87. The van der Waals surface area contributed by atoms with Gasteiger partial charge in [-0.2, -0.15) is 0 Å². The zero-order chi connectivity index (χ0) is 20.1. The normalized spacial score (nSPS) is 15.9. The highest BCUT2D eigenvalue weighted by atomic mass is 35.5. The molecule has 0 spiro atoms. The van der Waals surface area contributed by atoms with E-state index in [1.165, 1.54) is 12.1 Å². The molecule has 4 nitrogen and oxygen atoms in total. The number of ether oxygens (including phenoxy) is 1. The quantitative estimate of drug-likeness (QED) is 0.736. The van der Waals surface area contributed by atoms with Gasteiger partial charge in [0.2, 0.25) is 0 Å². The van der Waals surface area contributed by atoms with E-state index in [0.29, 0.717) is 23.7 Å². The van der Waals surface area contributed by atoms with E-state index in [0.717, 1.165) is 43.8 Å². The second-order valence-electron chi connectivity index (χ2n) is 6.62. The fourth-order valence-corrected chi connectivity index (χ4v) is 3.29. The number of rotatable bonds is 4. The van der Waals surface area contributed by atoms with Crippen molar-refractivity contribution in [3.8, 4) is 5.75 Å². The van der Waals surface area contributed by atoms with Crippen LogP contribution in [0.25, 0.3) is 0 Å². The van der Waals surface area contributed by atoms with Gasteiger partial charge in [0.25, 0.3) is 5.91 Å². The Kier molecular flexibility index (Phi) is 6.46. The molecule has 1 amide bonds. The second-order valence-corrected chi connectivity index (χ2v) is 7.06. The predicted molar refractivity (Wildman–Crippen MR) is 100 cm³/mol. The molecule has 28 heavy (non-hydrogen) atoms. The molecule has 1 aliphatic heterocycles. The molecule has 0 radical (unpaired) electrons. The first-order valence-electron chi connectivity index (χ1n) is 8.92. The van der Waals surface area contributed by atoms with E-state index >= 15 is 0 Å². The largest absolute Gasteiger partial charge is 0.573 e. The van der Waals surface area contributed by atoms with E-state index in [9.17, 15) is 18.0 Å². The first kappa shape index (κ1) is 20.5. The number of hydrogen-bond acceptors (Lipinski definition) is 3. The van der Waals surface area contributed by atoms with Crippen molar-refractivity contribution in [3.63, 3.8) is 0 Å². The average molecular weight is 413 g/mol. The van der Waals surface area contributed by atoms with Gasteiger partial charge in [0.05, 0.1) is 0 Å². The van der Waals surface area contributed by atoms with Crippen LogP contribution in [-0.4, -0.2) is 48.2 Å². The topological polar surface area (TPSA) is 32.8 Å². The van der Waals surface area contributed by atoms with Crippen LogP contribution in [0, 0.1) is 0 Å². The zero-order valence-corrected chi connectivity index (χ0v) is 15.8. The Bertz CT molecular complexity index is 795. The predicted octanol–water partition coefficient (Wildman–Crippen LogP) is 4.59. The maximum atomic E-state index is 12.7. The molecule has 0 N–H and O–H groups in total. The molecule has 0 atom stereocenters. The molecule has 1 aliphatic rings. The molecule has 1 heterocycles. The first-order valence-corrected chi connectivity index (χ1v) is 9.30. The van der Waals surface area contributed by atoms with Crippen molar-refractivity contribution in [3.05, 3.63) is 64.7 Å². The van der Waals surface area contributed by atoms with E-state index in [1.807, 2.05) is 24.3 Å². The van der Waals surface area contributed by atoms with Gasteiger partial charge in [0, 0.05) is 43.3 Å². The number of alkyl halides is 3. The van der Waals surface area contributed by atoms with E-state index in [4.69, 9.17) is 11.6 Å². The van der Waals surface area contributed by atoms with Crippen LogP contribution >= 0.6 is 11.6 Å². The standard InChI is InChI=1S/C20H20ClF3N2O2/c21-17-6-2-15(3-7-17)14-25-10-1-11-26(13-12-25)19(27)16-4-8-18(9-5-16)28-20(22,23)24/h2-9H,1,10-14H2. The summed E-state index contributed by atoms with van der Waals surface area (Å²) < 4.78 is 40.6. The van der Waals surface area contributed by atoms with Gasteiger partial charge in [-0.3, -0.25) is 9.69 Å². The number of benzene rings is 2. The Morgan fingerprint density at radius 1 is 0.964 bits per heavy atom. The smallest absolute Gasteiger partial charge is 0.406 e. The van der Waals surface area contributed by atoms with Crippen LogP contribution < -0.4 is 4.74 Å². The van der Waals surface area contributed by atoms with Gasteiger partial charge in [-0.25, -0.2) is 0 Å². The summed E-state index contributed by atoms with van der Waals surface area (Å²) >= 11 is 5.91. The maximum Gasteiger partial charge on any atom is 0.573 e. The van der Waals surface area contributed by atoms with Crippen molar-refractivity contribution in [2.45, 2.75) is 19.3 Å². The summed E-state index contributed by atoms with van der Waals surface area (Å²) in [6.45, 7) is 3.54. The minimum atomic E-state index is -4.75. The second kappa shape index (κ2) is 8.84. The van der Waals surface area contributed by atoms with E-state index in [-0.39, 0.29) is 11.7 Å². The van der Waals surface area contributed by atoms with Crippen LogP contribution in [0.3, 0.4) is 0 Å². The van der Waals surface area contributed by atoms with Crippen LogP contribution in [-0.2, 0) is 6.54 Å². The van der Waals surface area contributed by atoms with Crippen LogP contribution in [0.2, 0.25) is 5.02 Å². The summed E-state index contributed by atoms with van der Waals surface area (Å²) in [4.78, 5) is 16.7. The Balaban J connectivity index is 1.57. The number of hydrogen-bond donors (Lipinski definition) is 0. The zero-order valence-electron chi connectivity index (χ0n) is 15.1. The molecule has 2 aromatic rings. The molecule has 2 aromatic carbocycles. The Hall–Kier alpha value is -2.25. The van der Waals surface area contributed by atoms with Crippen molar-refractivity contribution < 1.29 is 22.7 Å². The number of halogens is 4. The average Bonchev–Trinajstić information content (AvgIpc) is 2.88. The summed E-state index contributed by atoms with van der Waals surface area (Å²) in [6, 6.07) is 12.7. The lowest BCUT2D eigenvalue weighted by atomic mass is 10.2. The monoisotopic (exact) mass is 412 g/mol. The van der Waals surface area contributed by atoms with Crippen molar-refractivity contribution in [2.75, 3.05) is 26.2 Å². The highest BCUT2D eigenvalue weighted by molar-refractivity contribution is 6.30. The van der Waals surface area contributed by atoms with Gasteiger partial charge in [-0.1, -0.05) is 23.7 Å². The number of nitrogens with zero attached hydrogens (tertiary/aromatic N) is 2. The molecule has 150 valence electrons. The highest BCUT2D eigenvalue weighted by Gasteiger charge is 2.31. The fourth-order valence-electron chi connectivity index (χ4n) is 3.16. The molecule has 0 bridgehead atoms. The summed E-state index contributed by atoms with van der Waals surface area (Å²) in [6.07, 6.45) is -3.92. The molecule has 0 aliphatic carbocycles. The van der Waals surface area contributed by atoms with Crippen LogP contribution in [0.4, 0.5) is 13.2 Å². The van der Waals surface area contributed by atoms with Gasteiger partial charge < -0.3 is 9.64 Å². The molecule has 0 aromatic heterocycles. The minimum Gasteiger partial charge on any atom is -0.406 e. The SMILES string of the molecule is O=C(c1ccc(OC(F)(F)F)cc1)N1CCCN(Cc2ccc(Cl)cc2)CC1. The van der Waals surface area contributed by atoms with Crippen molar-refractivity contribution in [1.82, 2.24) is 9.80 Å². The Morgan fingerprint density at radius 2 is 1.64 bits per heavy atom. The van der Waals surface area contributed by atoms with E-state index in [2.05, 4.69) is 9.64 Å². The third-order valence-electron chi connectivity index (χ3n) is 4.53. The van der Waals surface area contributed by atoms with Gasteiger partial charge in [0.1, 0.15) is 5.75 Å². The Morgan fingerprint density at radius 3 is 2.29 bits per heavy atom. The van der Waals surface area contributed by atoms with Gasteiger partial charge in [0.15, 0.2) is 0 Å². The fraction of sp³-hybridized carbons (Fsp3) is 0.350. The first-order chi connectivity index (χ1) is 13.3. The number of carbonyl (C=O) groups is 1. The molecular formula is C20H20ClF3N2O2. The van der Waals surface area contributed by atoms with Crippen molar-refractivity contribution in [1.29, 1.82) is 0 Å². The van der Waals surface area contributed by atoms with Gasteiger partial charge in [-0.05, 0) is 48.4 Å². The summed E-state index contributed by atoms with van der Waals surface area (Å²) in [5, 5.41) is 0.697. The van der Waals surface area contributed by atoms with E-state index < -0.39 is 6.36 Å². The lowest BCUT2D eigenvalue weighted by molar-refractivity contribution is -0.274. The minimum absolute atomic E-state index is 0.188. The van der Waals surface area contributed by atoms with Crippen LogP contribution in [0.5, 0.6) is 5.75 Å². The van der Waals surface area contributed by atoms with Crippen molar-refractivity contribution in [2.24, 2.45) is 0 Å². The summed E-state index contributed by atoms with van der Waals surface area (Å²) in [5.41, 5.74) is 1.50. The number of amides is 1. The van der Waals surface area contributed by atoms with E-state index in [1.54, 1.807) is 4.90 Å². The molecule has 1 fully saturated rings. The van der Waals surface area contributed by atoms with Crippen LogP contribution in [0.1, 0.15) is 22.3 Å². The maximum absolute atomic E-state index is 12.7. The molecule has 1 saturated heterocycles. The molecule has 0 unspecified atom stereocenters. The number of carbonyl (C=O) groups excluding carboxylic acids is 1.